The van der Waals surface area contributed by atoms with Crippen LogP contribution in [0.3, 0.4) is 0 Å². The van der Waals surface area contributed by atoms with Gasteiger partial charge in [0, 0.05) is 10.6 Å². The molecule has 0 bridgehead atoms. The van der Waals surface area contributed by atoms with Crippen molar-refractivity contribution >= 4 is 34.3 Å². The van der Waals surface area contributed by atoms with Gasteiger partial charge in [0.25, 0.3) is 0 Å². The summed E-state index contributed by atoms with van der Waals surface area (Å²) in [6.45, 7) is 5.62. The fraction of sp³-hybridized carbons (Fsp3) is 0.231. The Balaban J connectivity index is 2.42. The van der Waals surface area contributed by atoms with E-state index in [2.05, 4.69) is 17.6 Å². The third-order valence-corrected chi connectivity index (χ3v) is 4.92. The van der Waals surface area contributed by atoms with Gasteiger partial charge in [-0.15, -0.1) is 18.3 Å². The Bertz CT molecular complexity index is 516. The first-order valence-corrected chi connectivity index (χ1v) is 7.02. The Morgan fingerprint density at radius 1 is 1.59 bits per heavy atom. The van der Waals surface area contributed by atoms with Crippen LogP contribution in [-0.2, 0) is 0 Å². The van der Waals surface area contributed by atoms with Gasteiger partial charge in [0.2, 0.25) is 0 Å². The van der Waals surface area contributed by atoms with E-state index >= 15 is 0 Å². The van der Waals surface area contributed by atoms with E-state index in [4.69, 9.17) is 0 Å². The van der Waals surface area contributed by atoms with E-state index in [0.717, 1.165) is 21.4 Å². The van der Waals surface area contributed by atoms with Gasteiger partial charge < -0.3 is 0 Å². The molecule has 17 heavy (non-hydrogen) atoms. The number of benzene rings is 1. The number of hydrogen-bond donors (Lipinski definition) is 0. The number of fused-ring (bicyclic) bond motifs is 1. The fourth-order valence-corrected chi connectivity index (χ4v) is 3.54. The Morgan fingerprint density at radius 2 is 2.35 bits per heavy atom. The summed E-state index contributed by atoms with van der Waals surface area (Å²) in [5, 5.41) is 10.2. The molecular weight excluding hydrogens is 248 g/mol. The lowest BCUT2D eigenvalue weighted by atomic mass is 10.2. The third kappa shape index (κ3) is 2.41. The first kappa shape index (κ1) is 12.3. The second kappa shape index (κ2) is 4.99. The quantitative estimate of drug-likeness (QED) is 0.753. The number of aliphatic imine (C=N–C) groups is 1. The number of rotatable bonds is 2. The van der Waals surface area contributed by atoms with Gasteiger partial charge in [-0.1, -0.05) is 30.0 Å². The average molecular weight is 260 g/mol. The van der Waals surface area contributed by atoms with Crippen molar-refractivity contribution in [2.45, 2.75) is 16.6 Å². The molecule has 1 aromatic carbocycles. The van der Waals surface area contributed by atoms with E-state index in [-0.39, 0.29) is 0 Å². The standard InChI is InChI=1S/C13H12N2S2/c1-3-8-16-12-13(2,9-14)17-11-7-5-4-6-10(11)15-12/h3-7H,1,8H2,2H3. The predicted molar refractivity (Wildman–Crippen MR) is 76.1 cm³/mol. The number of para-hydroxylation sites is 1. The summed E-state index contributed by atoms with van der Waals surface area (Å²) in [5.41, 5.74) is 0.955. The molecule has 1 unspecified atom stereocenters. The maximum atomic E-state index is 9.35. The lowest BCUT2D eigenvalue weighted by molar-refractivity contribution is 1.07. The maximum absolute atomic E-state index is 9.35. The second-order valence-corrected chi connectivity index (χ2v) is 6.20. The molecule has 1 heterocycles. The van der Waals surface area contributed by atoms with Gasteiger partial charge in [-0.3, -0.25) is 0 Å². The summed E-state index contributed by atoms with van der Waals surface area (Å²) in [5.74, 6) is 0.777. The lowest BCUT2D eigenvalue weighted by Gasteiger charge is -2.27. The molecule has 0 radical (unpaired) electrons. The largest absolute Gasteiger partial charge is 0.243 e. The highest BCUT2D eigenvalue weighted by molar-refractivity contribution is 8.17. The highest BCUT2D eigenvalue weighted by Gasteiger charge is 2.36. The topological polar surface area (TPSA) is 36.1 Å². The second-order valence-electron chi connectivity index (χ2n) is 3.73. The van der Waals surface area contributed by atoms with E-state index in [1.165, 1.54) is 0 Å². The van der Waals surface area contributed by atoms with Gasteiger partial charge in [-0.05, 0) is 19.1 Å². The number of hydrogen-bond acceptors (Lipinski definition) is 4. The van der Waals surface area contributed by atoms with E-state index < -0.39 is 4.75 Å². The molecule has 1 aliphatic rings. The van der Waals surface area contributed by atoms with Crippen molar-refractivity contribution in [1.82, 2.24) is 0 Å². The van der Waals surface area contributed by atoms with Gasteiger partial charge in [0.15, 0.2) is 4.75 Å². The van der Waals surface area contributed by atoms with Crippen LogP contribution in [0.2, 0.25) is 0 Å². The zero-order chi connectivity index (χ0) is 12.3. The van der Waals surface area contributed by atoms with Crippen molar-refractivity contribution in [3.63, 3.8) is 0 Å². The first-order chi connectivity index (χ1) is 8.19. The lowest BCUT2D eigenvalue weighted by Crippen LogP contribution is -2.29. The van der Waals surface area contributed by atoms with Gasteiger partial charge in [0.05, 0.1) is 11.8 Å². The molecule has 0 aliphatic carbocycles. The van der Waals surface area contributed by atoms with Crippen molar-refractivity contribution < 1.29 is 0 Å². The first-order valence-electron chi connectivity index (χ1n) is 5.22. The van der Waals surface area contributed by atoms with Gasteiger partial charge >= 0.3 is 0 Å². The monoisotopic (exact) mass is 260 g/mol. The predicted octanol–water partition coefficient (Wildman–Crippen LogP) is 4.02. The molecule has 0 saturated carbocycles. The Morgan fingerprint density at radius 3 is 3.06 bits per heavy atom. The summed E-state index contributed by atoms with van der Waals surface area (Å²) in [6, 6.07) is 10.3. The van der Waals surface area contributed by atoms with Crippen LogP contribution in [0.25, 0.3) is 0 Å². The van der Waals surface area contributed by atoms with Crippen LogP contribution in [0.5, 0.6) is 0 Å². The average Bonchev–Trinajstić information content (AvgIpc) is 2.36. The van der Waals surface area contributed by atoms with Crippen LogP contribution in [0.1, 0.15) is 6.92 Å². The van der Waals surface area contributed by atoms with Crippen molar-refractivity contribution in [2.24, 2.45) is 4.99 Å². The Labute approximate surface area is 110 Å². The van der Waals surface area contributed by atoms with Crippen LogP contribution in [0, 0.1) is 11.3 Å². The van der Waals surface area contributed by atoms with Gasteiger partial charge in [-0.25, -0.2) is 4.99 Å². The minimum atomic E-state index is -0.581. The SMILES string of the molecule is C=CCSC1=Nc2ccccc2SC1(C)C#N. The smallest absolute Gasteiger partial charge is 0.152 e. The molecule has 4 heteroatoms. The molecule has 1 atom stereocenters. The molecule has 1 aliphatic heterocycles. The van der Waals surface area contributed by atoms with Gasteiger partial charge in [0.1, 0.15) is 5.04 Å². The maximum Gasteiger partial charge on any atom is 0.152 e. The zero-order valence-corrected chi connectivity index (χ0v) is 11.1. The highest BCUT2D eigenvalue weighted by Crippen LogP contribution is 2.46. The van der Waals surface area contributed by atoms with Crippen molar-refractivity contribution in [1.29, 1.82) is 5.26 Å². The molecule has 0 fully saturated rings. The van der Waals surface area contributed by atoms with Crippen LogP contribution in [0.4, 0.5) is 5.69 Å². The molecule has 0 saturated heterocycles. The molecule has 2 nitrogen and oxygen atoms in total. The van der Waals surface area contributed by atoms with Crippen molar-refractivity contribution in [3.8, 4) is 6.07 Å². The molecule has 0 aromatic heterocycles. The normalized spacial score (nSPS) is 22.2. The van der Waals surface area contributed by atoms with Crippen molar-refractivity contribution in [2.75, 3.05) is 5.75 Å². The summed E-state index contributed by atoms with van der Waals surface area (Å²) >= 11 is 3.15. The fourth-order valence-electron chi connectivity index (χ4n) is 1.49. The van der Waals surface area contributed by atoms with E-state index in [0.29, 0.717) is 0 Å². The summed E-state index contributed by atoms with van der Waals surface area (Å²) < 4.78 is -0.581. The van der Waals surface area contributed by atoms with E-state index in [9.17, 15) is 5.26 Å². The zero-order valence-electron chi connectivity index (χ0n) is 9.51. The third-order valence-electron chi connectivity index (χ3n) is 2.36. The molecule has 0 spiro atoms. The van der Waals surface area contributed by atoms with Crippen LogP contribution < -0.4 is 0 Å². The minimum Gasteiger partial charge on any atom is -0.243 e. The molecule has 2 rings (SSSR count). The molecule has 0 N–H and O–H groups in total. The Hall–Kier alpha value is -1.18. The Kier molecular flexibility index (Phi) is 3.60. The van der Waals surface area contributed by atoms with Crippen LogP contribution in [0.15, 0.2) is 46.8 Å². The van der Waals surface area contributed by atoms with E-state index in [1.807, 2.05) is 37.3 Å². The summed E-state index contributed by atoms with van der Waals surface area (Å²) in [6.07, 6.45) is 1.83. The molecule has 0 amide bonds. The number of thioether (sulfide) groups is 2. The van der Waals surface area contributed by atoms with Crippen LogP contribution in [-0.4, -0.2) is 15.5 Å². The summed E-state index contributed by atoms with van der Waals surface area (Å²) in [7, 11) is 0. The summed E-state index contributed by atoms with van der Waals surface area (Å²) in [4.78, 5) is 5.66. The number of nitriles is 1. The van der Waals surface area contributed by atoms with Crippen molar-refractivity contribution in [3.05, 3.63) is 36.9 Å². The number of nitrogens with zero attached hydrogens (tertiary/aromatic N) is 2. The molecule has 1 aromatic rings. The highest BCUT2D eigenvalue weighted by atomic mass is 32.2. The minimum absolute atomic E-state index is 0.581. The van der Waals surface area contributed by atoms with Gasteiger partial charge in [-0.2, -0.15) is 5.26 Å². The molecule has 86 valence electrons. The van der Waals surface area contributed by atoms with E-state index in [1.54, 1.807) is 23.5 Å². The van der Waals surface area contributed by atoms with Crippen LogP contribution >= 0.6 is 23.5 Å². The molecular formula is C13H12N2S2.